The van der Waals surface area contributed by atoms with Crippen LogP contribution in [0.3, 0.4) is 0 Å². The van der Waals surface area contributed by atoms with E-state index >= 15 is 0 Å². The molecule has 90 valence electrons. The van der Waals surface area contributed by atoms with E-state index < -0.39 is 0 Å². The van der Waals surface area contributed by atoms with Crippen molar-refractivity contribution >= 4 is 22.4 Å². The number of nitrogens with zero attached hydrogens (tertiary/aromatic N) is 4. The number of nitrogens with one attached hydrogen (secondary N) is 1. The van der Waals surface area contributed by atoms with Crippen LogP contribution in [-0.4, -0.2) is 25.9 Å². The van der Waals surface area contributed by atoms with Crippen LogP contribution in [0, 0.1) is 6.92 Å². The topological polar surface area (TPSA) is 98.7 Å². The van der Waals surface area contributed by atoms with Gasteiger partial charge in [0.1, 0.15) is 0 Å². The van der Waals surface area contributed by atoms with Crippen molar-refractivity contribution in [3.05, 3.63) is 22.5 Å². The number of hydrogen-bond donors (Lipinski definition) is 2. The van der Waals surface area contributed by atoms with Crippen molar-refractivity contribution in [3.63, 3.8) is 0 Å². The van der Waals surface area contributed by atoms with Gasteiger partial charge in [-0.25, -0.2) is 0 Å². The van der Waals surface area contributed by atoms with Crippen molar-refractivity contribution in [2.45, 2.75) is 13.5 Å². The van der Waals surface area contributed by atoms with Crippen molar-refractivity contribution in [2.24, 2.45) is 7.05 Å². The Morgan fingerprint density at radius 1 is 1.59 bits per heavy atom. The zero-order chi connectivity index (χ0) is 12.4. The van der Waals surface area contributed by atoms with Gasteiger partial charge in [-0.05, 0) is 6.92 Å². The van der Waals surface area contributed by atoms with Crippen molar-refractivity contribution in [1.29, 1.82) is 0 Å². The molecule has 2 aromatic heterocycles. The SMILES string of the molecule is Cc1c(CNC(=O)c2nnc(N)s2)cnn1C. The van der Waals surface area contributed by atoms with Gasteiger partial charge in [0, 0.05) is 24.8 Å². The molecule has 7 nitrogen and oxygen atoms in total. The minimum absolute atomic E-state index is 0.268. The summed E-state index contributed by atoms with van der Waals surface area (Å²) < 4.78 is 1.75. The lowest BCUT2D eigenvalue weighted by atomic mass is 10.2. The molecule has 0 aliphatic carbocycles. The normalized spacial score (nSPS) is 10.5. The largest absolute Gasteiger partial charge is 0.374 e. The Kier molecular flexibility index (Phi) is 3.05. The van der Waals surface area contributed by atoms with Crippen LogP contribution >= 0.6 is 11.3 Å². The predicted octanol–water partition coefficient (Wildman–Crippen LogP) is 0.0922. The number of nitrogens with two attached hydrogens (primary N) is 1. The molecule has 2 heterocycles. The van der Waals surface area contributed by atoms with E-state index in [0.717, 1.165) is 22.6 Å². The van der Waals surface area contributed by atoms with Gasteiger partial charge in [0.25, 0.3) is 5.91 Å². The van der Waals surface area contributed by atoms with Crippen LogP contribution in [0.25, 0.3) is 0 Å². The summed E-state index contributed by atoms with van der Waals surface area (Å²) in [5.41, 5.74) is 7.39. The van der Waals surface area contributed by atoms with Crippen LogP contribution in [0.15, 0.2) is 6.20 Å². The van der Waals surface area contributed by atoms with E-state index in [-0.39, 0.29) is 16.0 Å². The Balaban J connectivity index is 1.99. The molecule has 0 radical (unpaired) electrons. The highest BCUT2D eigenvalue weighted by Gasteiger charge is 2.12. The van der Waals surface area contributed by atoms with Crippen LogP contribution in [0.4, 0.5) is 5.13 Å². The molecule has 2 rings (SSSR count). The number of hydrogen-bond acceptors (Lipinski definition) is 6. The number of rotatable bonds is 3. The summed E-state index contributed by atoms with van der Waals surface area (Å²) in [7, 11) is 1.85. The zero-order valence-corrected chi connectivity index (χ0v) is 10.3. The van der Waals surface area contributed by atoms with Crippen molar-refractivity contribution in [1.82, 2.24) is 25.3 Å². The number of aromatic nitrogens is 4. The fourth-order valence-electron chi connectivity index (χ4n) is 1.30. The molecule has 0 aliphatic heterocycles. The second-order valence-electron chi connectivity index (χ2n) is 3.51. The quantitative estimate of drug-likeness (QED) is 0.806. The molecular weight excluding hydrogens is 240 g/mol. The van der Waals surface area contributed by atoms with Crippen LogP contribution in [0.1, 0.15) is 21.1 Å². The molecule has 8 heteroatoms. The Bertz CT molecular complexity index is 545. The Morgan fingerprint density at radius 3 is 2.88 bits per heavy atom. The van der Waals surface area contributed by atoms with Crippen molar-refractivity contribution in [2.75, 3.05) is 5.73 Å². The summed E-state index contributed by atoms with van der Waals surface area (Å²) in [4.78, 5) is 11.7. The summed E-state index contributed by atoms with van der Waals surface area (Å²) in [5, 5.41) is 14.6. The van der Waals surface area contributed by atoms with E-state index in [4.69, 9.17) is 5.73 Å². The average Bonchev–Trinajstić information content (AvgIpc) is 2.86. The molecule has 0 unspecified atom stereocenters. The van der Waals surface area contributed by atoms with E-state index in [0.29, 0.717) is 6.54 Å². The van der Waals surface area contributed by atoms with E-state index in [1.165, 1.54) is 0 Å². The van der Waals surface area contributed by atoms with Crippen LogP contribution in [0.5, 0.6) is 0 Å². The van der Waals surface area contributed by atoms with Gasteiger partial charge >= 0.3 is 0 Å². The number of amides is 1. The van der Waals surface area contributed by atoms with Crippen LogP contribution in [-0.2, 0) is 13.6 Å². The maximum Gasteiger partial charge on any atom is 0.282 e. The Hall–Kier alpha value is -1.96. The number of anilines is 1. The third kappa shape index (κ3) is 2.41. The third-order valence-electron chi connectivity index (χ3n) is 2.41. The predicted molar refractivity (Wildman–Crippen MR) is 63.4 cm³/mol. The molecule has 0 atom stereocenters. The first-order valence-corrected chi connectivity index (χ1v) is 5.74. The van der Waals surface area contributed by atoms with E-state index in [2.05, 4.69) is 20.6 Å². The molecule has 0 fully saturated rings. The Labute approximate surface area is 102 Å². The summed E-state index contributed by atoms with van der Waals surface area (Å²) in [6, 6.07) is 0. The summed E-state index contributed by atoms with van der Waals surface area (Å²) in [6.07, 6.45) is 1.73. The van der Waals surface area contributed by atoms with Gasteiger partial charge < -0.3 is 11.1 Å². The molecule has 0 spiro atoms. The molecule has 0 aromatic carbocycles. The van der Waals surface area contributed by atoms with Gasteiger partial charge in [-0.1, -0.05) is 11.3 Å². The highest BCUT2D eigenvalue weighted by atomic mass is 32.1. The molecule has 0 bridgehead atoms. The minimum atomic E-state index is -0.276. The maximum absolute atomic E-state index is 11.7. The molecule has 2 aromatic rings. The Morgan fingerprint density at radius 2 is 2.35 bits per heavy atom. The van der Waals surface area contributed by atoms with E-state index in [9.17, 15) is 4.79 Å². The van der Waals surface area contributed by atoms with E-state index in [1.807, 2.05) is 14.0 Å². The first-order valence-electron chi connectivity index (χ1n) is 4.92. The summed E-state index contributed by atoms with van der Waals surface area (Å²) in [6.45, 7) is 2.36. The van der Waals surface area contributed by atoms with E-state index in [1.54, 1.807) is 10.9 Å². The first-order chi connectivity index (χ1) is 8.08. The van der Waals surface area contributed by atoms with Gasteiger partial charge in [-0.3, -0.25) is 9.48 Å². The summed E-state index contributed by atoms with van der Waals surface area (Å²) >= 11 is 1.06. The molecule has 0 aliphatic rings. The highest BCUT2D eigenvalue weighted by Crippen LogP contribution is 2.11. The fourth-order valence-corrected chi connectivity index (χ4v) is 1.82. The lowest BCUT2D eigenvalue weighted by Crippen LogP contribution is -2.22. The smallest absolute Gasteiger partial charge is 0.282 e. The summed E-state index contributed by atoms with van der Waals surface area (Å²) in [5.74, 6) is -0.276. The number of nitrogen functional groups attached to an aromatic ring is 1. The first kappa shape index (κ1) is 11.5. The average molecular weight is 252 g/mol. The van der Waals surface area contributed by atoms with Crippen LogP contribution in [0.2, 0.25) is 0 Å². The van der Waals surface area contributed by atoms with Crippen LogP contribution < -0.4 is 11.1 Å². The van der Waals surface area contributed by atoms with Gasteiger partial charge in [0.15, 0.2) is 0 Å². The maximum atomic E-state index is 11.7. The molecule has 1 amide bonds. The van der Waals surface area contributed by atoms with Crippen molar-refractivity contribution < 1.29 is 4.79 Å². The lowest BCUT2D eigenvalue weighted by Gasteiger charge is -2.02. The van der Waals surface area contributed by atoms with Crippen molar-refractivity contribution in [3.8, 4) is 0 Å². The number of carbonyl (C=O) groups is 1. The number of carbonyl (C=O) groups excluding carboxylic acids is 1. The van der Waals surface area contributed by atoms with Gasteiger partial charge in [0.2, 0.25) is 10.1 Å². The highest BCUT2D eigenvalue weighted by molar-refractivity contribution is 7.16. The van der Waals surface area contributed by atoms with Gasteiger partial charge in [-0.15, -0.1) is 10.2 Å². The molecule has 0 saturated carbocycles. The van der Waals surface area contributed by atoms with Gasteiger partial charge in [-0.2, -0.15) is 5.10 Å². The second-order valence-corrected chi connectivity index (χ2v) is 4.52. The minimum Gasteiger partial charge on any atom is -0.374 e. The molecule has 3 N–H and O–H groups in total. The monoisotopic (exact) mass is 252 g/mol. The standard InChI is InChI=1S/C9H12N6OS/c1-5-6(4-12-15(5)2)3-11-7(16)8-13-14-9(10)17-8/h4H,3H2,1-2H3,(H2,10,14)(H,11,16). The zero-order valence-electron chi connectivity index (χ0n) is 9.47. The lowest BCUT2D eigenvalue weighted by molar-refractivity contribution is 0.0950. The number of aryl methyl sites for hydroxylation is 1. The fraction of sp³-hybridized carbons (Fsp3) is 0.333. The second kappa shape index (κ2) is 4.50. The molecule has 0 saturated heterocycles. The molecular formula is C9H12N6OS. The third-order valence-corrected chi connectivity index (χ3v) is 3.16. The van der Waals surface area contributed by atoms with Gasteiger partial charge in [0.05, 0.1) is 6.20 Å². The molecule has 17 heavy (non-hydrogen) atoms.